The van der Waals surface area contributed by atoms with Crippen molar-refractivity contribution >= 4 is 5.97 Å². The zero-order chi connectivity index (χ0) is 7.56. The highest BCUT2D eigenvalue weighted by Gasteiger charge is 2.05. The highest BCUT2D eigenvalue weighted by Crippen LogP contribution is 2.14. The predicted molar refractivity (Wildman–Crippen MR) is 37.6 cm³/mol. The predicted octanol–water partition coefficient (Wildman–Crippen LogP) is 1.24. The summed E-state index contributed by atoms with van der Waals surface area (Å²) < 4.78 is 0. The summed E-state index contributed by atoms with van der Waals surface area (Å²) in [5.74, 6) is -1.31. The number of carboxylic acids is 1. The van der Waals surface area contributed by atoms with Crippen LogP contribution in [0.4, 0.5) is 4.70 Å². The quantitative estimate of drug-likeness (QED) is 0.646. The van der Waals surface area contributed by atoms with E-state index >= 15 is 0 Å². The van der Waals surface area contributed by atoms with Gasteiger partial charge in [-0.2, -0.15) is 0 Å². The molecule has 0 aliphatic heterocycles. The summed E-state index contributed by atoms with van der Waals surface area (Å²) in [5.41, 5.74) is -0.0671. The number of phenols is 1. The van der Waals surface area contributed by atoms with Crippen molar-refractivity contribution in [2.45, 2.75) is 0 Å². The van der Waals surface area contributed by atoms with Crippen molar-refractivity contribution in [2.24, 2.45) is 0 Å². The lowest BCUT2D eigenvalue weighted by molar-refractivity contribution is 0.0694. The van der Waals surface area contributed by atoms with Crippen LogP contribution in [0, 0.1) is 0 Å². The summed E-state index contributed by atoms with van der Waals surface area (Å²) in [6.07, 6.45) is 0. The van der Waals surface area contributed by atoms with Crippen molar-refractivity contribution in [3.8, 4) is 5.75 Å². The molecule has 60 valence electrons. The van der Waals surface area contributed by atoms with Gasteiger partial charge >= 0.3 is 5.97 Å². The number of carbonyl (C=O) groups is 1. The maximum Gasteiger partial charge on any atom is 0.339 e. The van der Waals surface area contributed by atoms with Crippen LogP contribution in [0.3, 0.4) is 0 Å². The summed E-state index contributed by atoms with van der Waals surface area (Å²) in [6.45, 7) is 0. The number of rotatable bonds is 1. The molecule has 0 aliphatic carbocycles. The lowest BCUT2D eigenvalue weighted by Gasteiger charge is -1.95. The molecule has 0 aliphatic rings. The van der Waals surface area contributed by atoms with Gasteiger partial charge in [0.25, 0.3) is 0 Å². The number of aromatic carboxylic acids is 1. The molecule has 3 nitrogen and oxygen atoms in total. The Morgan fingerprint density at radius 3 is 2.18 bits per heavy atom. The molecule has 0 unspecified atom stereocenters. The molecule has 0 spiro atoms. The van der Waals surface area contributed by atoms with Gasteiger partial charge in [-0.05, 0) is 12.1 Å². The number of para-hydroxylation sites is 1. The molecule has 11 heavy (non-hydrogen) atoms. The average Bonchev–Trinajstić information content (AvgIpc) is 1.88. The van der Waals surface area contributed by atoms with Gasteiger partial charge in [-0.15, -0.1) is 0 Å². The van der Waals surface area contributed by atoms with Crippen molar-refractivity contribution in [2.75, 3.05) is 0 Å². The molecule has 0 bridgehead atoms. The van der Waals surface area contributed by atoms with E-state index in [1.54, 1.807) is 12.1 Å². The van der Waals surface area contributed by atoms with Gasteiger partial charge in [0.1, 0.15) is 11.3 Å². The summed E-state index contributed by atoms with van der Waals surface area (Å²) >= 11 is 0. The average molecular weight is 158 g/mol. The molecular weight excluding hydrogens is 151 g/mol. The summed E-state index contributed by atoms with van der Waals surface area (Å²) in [4.78, 5) is 10.3. The van der Waals surface area contributed by atoms with Gasteiger partial charge in [0.05, 0.1) is 0 Å². The molecule has 0 fully saturated rings. The van der Waals surface area contributed by atoms with Gasteiger partial charge in [-0.1, -0.05) is 12.1 Å². The molecule has 0 saturated carbocycles. The first-order chi connectivity index (χ1) is 4.72. The molecule has 0 atom stereocenters. The van der Waals surface area contributed by atoms with Crippen molar-refractivity contribution in [3.63, 3.8) is 0 Å². The van der Waals surface area contributed by atoms with Crippen molar-refractivity contribution in [3.05, 3.63) is 29.8 Å². The molecule has 4 heteroatoms. The molecular formula is C7H7FO3. The van der Waals surface area contributed by atoms with Gasteiger partial charge in [-0.25, -0.2) is 4.79 Å². The topological polar surface area (TPSA) is 57.5 Å². The fourth-order valence-corrected chi connectivity index (χ4v) is 0.654. The number of hydrogen-bond acceptors (Lipinski definition) is 2. The van der Waals surface area contributed by atoms with E-state index in [2.05, 4.69) is 0 Å². The minimum Gasteiger partial charge on any atom is -0.507 e. The van der Waals surface area contributed by atoms with Crippen LogP contribution in [0.25, 0.3) is 0 Å². The van der Waals surface area contributed by atoms with Gasteiger partial charge in [-0.3, -0.25) is 4.70 Å². The molecule has 0 amide bonds. The molecule has 1 rings (SSSR count). The molecule has 0 radical (unpaired) electrons. The molecule has 0 saturated heterocycles. The number of hydrogen-bond donors (Lipinski definition) is 2. The molecule has 0 aromatic heterocycles. The van der Waals surface area contributed by atoms with Crippen LogP contribution in [0.2, 0.25) is 0 Å². The van der Waals surface area contributed by atoms with E-state index in [0.29, 0.717) is 0 Å². The van der Waals surface area contributed by atoms with Crippen LogP contribution in [0.5, 0.6) is 5.75 Å². The van der Waals surface area contributed by atoms with Crippen LogP contribution in [-0.4, -0.2) is 16.2 Å². The standard InChI is InChI=1S/C7H6O3.FH/c8-6-4-2-1-3-5(6)7(9)10;/h1-4,8H,(H,9,10);1H. The second kappa shape index (κ2) is 3.55. The van der Waals surface area contributed by atoms with Crippen LogP contribution in [0.1, 0.15) is 10.4 Å². The summed E-state index contributed by atoms with van der Waals surface area (Å²) in [5, 5.41) is 17.3. The van der Waals surface area contributed by atoms with E-state index in [1.165, 1.54) is 12.1 Å². The van der Waals surface area contributed by atoms with E-state index in [1.807, 2.05) is 0 Å². The lowest BCUT2D eigenvalue weighted by Crippen LogP contribution is -1.95. The van der Waals surface area contributed by atoms with Gasteiger partial charge in [0, 0.05) is 0 Å². The van der Waals surface area contributed by atoms with Crippen LogP contribution >= 0.6 is 0 Å². The summed E-state index contributed by atoms with van der Waals surface area (Å²) in [6, 6.07) is 5.81. The van der Waals surface area contributed by atoms with Crippen LogP contribution < -0.4 is 0 Å². The molecule has 2 N–H and O–H groups in total. The van der Waals surface area contributed by atoms with E-state index in [-0.39, 0.29) is 16.0 Å². The zero-order valence-corrected chi connectivity index (χ0v) is 5.52. The van der Waals surface area contributed by atoms with E-state index in [0.717, 1.165) is 0 Å². The van der Waals surface area contributed by atoms with Crippen molar-refractivity contribution in [1.82, 2.24) is 0 Å². The Balaban J connectivity index is 0.000001000. The Bertz CT molecular complexity index is 260. The normalized spacial score (nSPS) is 8.36. The van der Waals surface area contributed by atoms with E-state index in [4.69, 9.17) is 10.2 Å². The molecule has 1 aromatic carbocycles. The fourth-order valence-electron chi connectivity index (χ4n) is 0.654. The Hall–Kier alpha value is -1.58. The first-order valence-electron chi connectivity index (χ1n) is 2.73. The number of benzene rings is 1. The maximum absolute atomic E-state index is 10.3. The molecule has 0 heterocycles. The Kier molecular flexibility index (Phi) is 3.04. The number of carboxylic acid groups (broad SMARTS) is 1. The number of halogens is 1. The highest BCUT2D eigenvalue weighted by atomic mass is 19.0. The fraction of sp³-hybridized carbons (Fsp3) is 0. The number of aromatic hydroxyl groups is 1. The Labute approximate surface area is 62.3 Å². The summed E-state index contributed by atoms with van der Waals surface area (Å²) in [7, 11) is 0. The second-order valence-corrected chi connectivity index (χ2v) is 1.82. The second-order valence-electron chi connectivity index (χ2n) is 1.82. The SMILES string of the molecule is F.O=C(O)c1ccccc1O. The maximum atomic E-state index is 10.3. The first kappa shape index (κ1) is 9.42. The van der Waals surface area contributed by atoms with Gasteiger partial charge in [0.2, 0.25) is 0 Å². The van der Waals surface area contributed by atoms with Crippen LogP contribution in [0.15, 0.2) is 24.3 Å². The van der Waals surface area contributed by atoms with E-state index < -0.39 is 5.97 Å². The van der Waals surface area contributed by atoms with Crippen molar-refractivity contribution < 1.29 is 19.7 Å². The Morgan fingerprint density at radius 2 is 1.82 bits per heavy atom. The highest BCUT2D eigenvalue weighted by molar-refractivity contribution is 5.90. The minimum atomic E-state index is -1.11. The Morgan fingerprint density at radius 1 is 1.27 bits per heavy atom. The van der Waals surface area contributed by atoms with Gasteiger partial charge < -0.3 is 10.2 Å². The van der Waals surface area contributed by atoms with Crippen molar-refractivity contribution in [1.29, 1.82) is 0 Å². The monoisotopic (exact) mass is 158 g/mol. The largest absolute Gasteiger partial charge is 0.507 e. The smallest absolute Gasteiger partial charge is 0.339 e. The van der Waals surface area contributed by atoms with Gasteiger partial charge in [0.15, 0.2) is 0 Å². The third-order valence-electron chi connectivity index (χ3n) is 1.13. The minimum absolute atomic E-state index is 0. The van der Waals surface area contributed by atoms with Crippen LogP contribution in [-0.2, 0) is 0 Å². The van der Waals surface area contributed by atoms with E-state index in [9.17, 15) is 4.79 Å². The lowest BCUT2D eigenvalue weighted by atomic mass is 10.2. The molecule has 1 aromatic rings. The first-order valence-corrected chi connectivity index (χ1v) is 2.73. The zero-order valence-electron chi connectivity index (χ0n) is 5.52. The third kappa shape index (κ3) is 1.93. The third-order valence-corrected chi connectivity index (χ3v) is 1.13.